The van der Waals surface area contributed by atoms with E-state index < -0.39 is 32.6 Å². The van der Waals surface area contributed by atoms with Crippen LogP contribution in [0.1, 0.15) is 128 Å². The van der Waals surface area contributed by atoms with Gasteiger partial charge in [0.05, 0.1) is 39.9 Å². The fraction of sp³-hybridized carbons (Fsp3) is 0.474. The molecule has 1 aliphatic rings. The summed E-state index contributed by atoms with van der Waals surface area (Å²) in [5.74, 6) is 1.95. The molecule has 1 amide bonds. The molecule has 1 N–H and O–H groups in total. The van der Waals surface area contributed by atoms with Gasteiger partial charge in [-0.3, -0.25) is 9.36 Å². The number of rotatable bonds is 30. The lowest BCUT2D eigenvalue weighted by atomic mass is 9.80. The highest BCUT2D eigenvalue weighted by atomic mass is 31.2. The van der Waals surface area contributed by atoms with E-state index in [1.165, 1.54) is 57.7 Å². The smallest absolute Gasteiger partial charge is 0.263 e. The van der Waals surface area contributed by atoms with Crippen LogP contribution in [0.4, 0.5) is 5.82 Å². The minimum atomic E-state index is -1.55. The number of carbonyl (C=O) groups is 1. The number of ether oxygens (including phenoxy) is 5. The number of nitrogens with one attached hydrogen (secondary N) is 1. The summed E-state index contributed by atoms with van der Waals surface area (Å²) < 4.78 is 50.0. The van der Waals surface area contributed by atoms with E-state index in [-0.39, 0.29) is 37.0 Å². The first-order valence-electron chi connectivity index (χ1n) is 25.8. The van der Waals surface area contributed by atoms with Crippen molar-refractivity contribution in [3.63, 3.8) is 0 Å². The van der Waals surface area contributed by atoms with Crippen LogP contribution >= 0.6 is 8.53 Å². The number of nitrogens with zero attached hydrogens (tertiary/aromatic N) is 5. The molecule has 0 aliphatic carbocycles. The van der Waals surface area contributed by atoms with E-state index >= 15 is 0 Å². The summed E-state index contributed by atoms with van der Waals surface area (Å²) in [6.45, 7) is 11.6. The molecule has 4 aromatic carbocycles. The van der Waals surface area contributed by atoms with Crippen LogP contribution in [0.25, 0.3) is 11.2 Å². The Kier molecular flexibility index (Phi) is 20.8. The Morgan fingerprint density at radius 2 is 1.31 bits per heavy atom. The Morgan fingerprint density at radius 3 is 1.89 bits per heavy atom. The molecule has 6 aromatic rings. The number of hydrogen-bond donors (Lipinski definition) is 1. The third-order valence-electron chi connectivity index (χ3n) is 13.0. The summed E-state index contributed by atoms with van der Waals surface area (Å²) in [5.41, 5.74) is 2.55. The van der Waals surface area contributed by atoms with Crippen molar-refractivity contribution in [2.45, 2.75) is 141 Å². The first kappa shape index (κ1) is 54.3. The molecule has 1 aliphatic heterocycles. The molecule has 4 atom stereocenters. The number of aromatic nitrogens is 4. The molecule has 2 aromatic heterocycles. The zero-order chi connectivity index (χ0) is 50.7. The predicted molar refractivity (Wildman–Crippen MR) is 284 cm³/mol. The summed E-state index contributed by atoms with van der Waals surface area (Å²) in [6.07, 6.45) is 14.3. The molecule has 72 heavy (non-hydrogen) atoms. The normalized spacial score (nSPS) is 16.4. The van der Waals surface area contributed by atoms with Crippen LogP contribution in [0, 0.1) is 0 Å². The molecular formula is C57H75N6O8P. The molecule has 1 unspecified atom stereocenters. The van der Waals surface area contributed by atoms with Crippen LogP contribution in [0.5, 0.6) is 17.2 Å². The SMILES string of the molecule is CCCCCCCCCCCCOP(O[C@H]1C[C@H](n2cnc3c(NC(=O)COc4ccccc4)ncnc32)O[C@@H]1COC(c1ccccc1)(c1ccc(OC)cc1)c1ccc(OC)cc1)N(C(C)C)C(C)C. The van der Waals surface area contributed by atoms with Gasteiger partial charge in [0.25, 0.3) is 14.4 Å². The topological polar surface area (TPSA) is 141 Å². The Hall–Kier alpha value is -5.47. The maximum atomic E-state index is 13.1. The maximum Gasteiger partial charge on any atom is 0.263 e. The van der Waals surface area contributed by atoms with Crippen LogP contribution in [-0.4, -0.2) is 88.4 Å². The van der Waals surface area contributed by atoms with Crippen LogP contribution in [0.3, 0.4) is 0 Å². The number of amides is 1. The zero-order valence-electron chi connectivity index (χ0n) is 43.3. The van der Waals surface area contributed by atoms with E-state index in [2.05, 4.69) is 66.7 Å². The van der Waals surface area contributed by atoms with Crippen molar-refractivity contribution in [2.24, 2.45) is 0 Å². The number of hydrogen-bond acceptors (Lipinski definition) is 12. The van der Waals surface area contributed by atoms with E-state index in [9.17, 15) is 4.79 Å². The molecule has 386 valence electrons. The van der Waals surface area contributed by atoms with Gasteiger partial charge in [0.1, 0.15) is 41.5 Å². The summed E-state index contributed by atoms with van der Waals surface area (Å²) >= 11 is 0. The average molecular weight is 1000 g/mol. The summed E-state index contributed by atoms with van der Waals surface area (Å²) in [4.78, 5) is 26.9. The quantitative estimate of drug-likeness (QED) is 0.0261. The predicted octanol–water partition coefficient (Wildman–Crippen LogP) is 12.8. The number of para-hydroxylation sites is 1. The maximum absolute atomic E-state index is 13.1. The largest absolute Gasteiger partial charge is 0.497 e. The molecule has 0 spiro atoms. The fourth-order valence-corrected chi connectivity index (χ4v) is 11.2. The van der Waals surface area contributed by atoms with Crippen LogP contribution in [0.15, 0.2) is 122 Å². The van der Waals surface area contributed by atoms with Gasteiger partial charge in [0, 0.05) is 18.5 Å². The number of unbranched alkanes of at least 4 members (excludes halogenated alkanes) is 9. The van der Waals surface area contributed by atoms with Crippen LogP contribution in [-0.2, 0) is 28.9 Å². The molecule has 7 rings (SSSR count). The highest BCUT2D eigenvalue weighted by Crippen LogP contribution is 2.51. The van der Waals surface area contributed by atoms with Gasteiger partial charge in [-0.25, -0.2) is 19.6 Å². The molecule has 14 nitrogen and oxygen atoms in total. The number of benzene rings is 4. The Balaban J connectivity index is 1.19. The van der Waals surface area contributed by atoms with Gasteiger partial charge in [0.2, 0.25) is 0 Å². The van der Waals surface area contributed by atoms with E-state index in [4.69, 9.17) is 37.7 Å². The highest BCUT2D eigenvalue weighted by molar-refractivity contribution is 7.44. The van der Waals surface area contributed by atoms with Gasteiger partial charge in [0.15, 0.2) is 23.6 Å². The second kappa shape index (κ2) is 27.5. The van der Waals surface area contributed by atoms with Crippen molar-refractivity contribution in [1.29, 1.82) is 0 Å². The van der Waals surface area contributed by atoms with Crippen molar-refractivity contribution in [2.75, 3.05) is 39.4 Å². The summed E-state index contributed by atoms with van der Waals surface area (Å²) in [6, 6.07) is 35.7. The standard InChI is InChI=1S/C57H75N6O8P/c1-8-9-10-11-12-13-14-15-16-23-36-69-72(63(42(2)3)43(4)5)71-50-37-53(62-41-60-54-55(58-40-59-56(54)62)61-52(64)39-67-49-26-21-18-22-27-49)70-51(50)38-68-57(44-24-19-17-20-25-44,45-28-32-47(65-6)33-29-45)46-30-34-48(66-7)35-31-46/h17-22,24-35,40-43,50-51,53H,8-16,23,36-39H2,1-7H3,(H,58,59,61,64)/t50-,51+,53+,72?/m0/s1. The molecule has 1 fully saturated rings. The lowest BCUT2D eigenvalue weighted by molar-refractivity contribution is -0.118. The second-order valence-corrected chi connectivity index (χ2v) is 20.2. The van der Waals surface area contributed by atoms with Crippen molar-refractivity contribution < 1.29 is 37.5 Å². The average Bonchev–Trinajstić information content (AvgIpc) is 4.02. The van der Waals surface area contributed by atoms with Gasteiger partial charge < -0.3 is 38.0 Å². The lowest BCUT2D eigenvalue weighted by Crippen LogP contribution is -2.39. The molecule has 1 saturated heterocycles. The number of imidazole rings is 1. The van der Waals surface area contributed by atoms with E-state index in [1.54, 1.807) is 32.7 Å². The molecule has 0 saturated carbocycles. The Bertz CT molecular complexity index is 2460. The van der Waals surface area contributed by atoms with Crippen molar-refractivity contribution in [1.82, 2.24) is 24.2 Å². The van der Waals surface area contributed by atoms with Crippen molar-refractivity contribution in [3.8, 4) is 17.2 Å². The monoisotopic (exact) mass is 1000 g/mol. The number of fused-ring (bicyclic) bond motifs is 1. The first-order chi connectivity index (χ1) is 35.1. The minimum absolute atomic E-state index is 0.128. The Labute approximate surface area is 428 Å². The molecule has 15 heteroatoms. The second-order valence-electron chi connectivity index (χ2n) is 18.8. The minimum Gasteiger partial charge on any atom is -0.497 e. The van der Waals surface area contributed by atoms with E-state index in [1.807, 2.05) is 89.5 Å². The molecular weight excluding hydrogens is 928 g/mol. The molecule has 3 heterocycles. The van der Waals surface area contributed by atoms with Gasteiger partial charge >= 0.3 is 0 Å². The number of anilines is 1. The van der Waals surface area contributed by atoms with Crippen molar-refractivity contribution in [3.05, 3.63) is 139 Å². The Morgan fingerprint density at radius 1 is 0.736 bits per heavy atom. The third kappa shape index (κ3) is 14.2. The summed E-state index contributed by atoms with van der Waals surface area (Å²) in [7, 11) is 1.78. The van der Waals surface area contributed by atoms with Crippen molar-refractivity contribution >= 4 is 31.4 Å². The number of methoxy groups -OCH3 is 2. The number of carbonyl (C=O) groups excluding carboxylic acids is 1. The fourth-order valence-electron chi connectivity index (χ4n) is 9.37. The van der Waals surface area contributed by atoms with Crippen LogP contribution < -0.4 is 19.5 Å². The molecule has 0 bridgehead atoms. The van der Waals surface area contributed by atoms with Gasteiger partial charge in [-0.05, 0) is 87.2 Å². The summed E-state index contributed by atoms with van der Waals surface area (Å²) in [5, 5.41) is 2.87. The van der Waals surface area contributed by atoms with Crippen LogP contribution in [0.2, 0.25) is 0 Å². The third-order valence-corrected chi connectivity index (χ3v) is 15.2. The first-order valence-corrected chi connectivity index (χ1v) is 26.9. The van der Waals surface area contributed by atoms with E-state index in [0.717, 1.165) is 41.0 Å². The highest BCUT2D eigenvalue weighted by Gasteiger charge is 2.45. The zero-order valence-corrected chi connectivity index (χ0v) is 44.2. The van der Waals surface area contributed by atoms with Gasteiger partial charge in [-0.2, -0.15) is 0 Å². The van der Waals surface area contributed by atoms with Gasteiger partial charge in [-0.15, -0.1) is 0 Å². The lowest BCUT2D eigenvalue weighted by Gasteiger charge is -2.39. The molecule has 0 radical (unpaired) electrons. The van der Waals surface area contributed by atoms with Gasteiger partial charge in [-0.1, -0.05) is 138 Å². The van der Waals surface area contributed by atoms with E-state index in [0.29, 0.717) is 29.9 Å².